The Morgan fingerprint density at radius 3 is 2.78 bits per heavy atom. The van der Waals surface area contributed by atoms with Gasteiger partial charge in [-0.2, -0.15) is 5.10 Å². The van der Waals surface area contributed by atoms with Gasteiger partial charge in [0.15, 0.2) is 0 Å². The Morgan fingerprint density at radius 1 is 1.17 bits per heavy atom. The molecule has 0 amide bonds. The molecule has 0 unspecified atom stereocenters. The highest BCUT2D eigenvalue weighted by atomic mass is 35.5. The lowest BCUT2D eigenvalue weighted by molar-refractivity contribution is 0.997. The minimum Gasteiger partial charge on any atom is -0.276 e. The van der Waals surface area contributed by atoms with Gasteiger partial charge in [0, 0.05) is 22.4 Å². The molecule has 0 fully saturated rings. The zero-order valence-corrected chi connectivity index (χ0v) is 13.7. The number of amidine groups is 1. The van der Waals surface area contributed by atoms with E-state index in [0.29, 0.717) is 23.3 Å². The molecule has 0 saturated carbocycles. The number of hydrazone groups is 1. The first-order valence-electron chi connectivity index (χ1n) is 7.09. The van der Waals surface area contributed by atoms with Gasteiger partial charge in [-0.25, -0.2) is 4.99 Å². The minimum absolute atomic E-state index is 0.338. The molecular formula is C17H14Cl2N4. The quantitative estimate of drug-likeness (QED) is 0.510. The predicted octanol–water partition coefficient (Wildman–Crippen LogP) is 4.04. The maximum absolute atomic E-state index is 6.16. The maximum Gasteiger partial charge on any atom is 0.144 e. The standard InChI is InChI=1S/C17H14Cl2N4/c18-8-9-21-23-16-11-20-17(12-4-2-1-3-5-12)14-10-13(19)6-7-15(14)22-16/h1-7,9-10H,8,11H2,(H,22,23)/b21-9+. The monoisotopic (exact) mass is 344 g/mol. The Morgan fingerprint density at radius 2 is 2.00 bits per heavy atom. The van der Waals surface area contributed by atoms with E-state index in [9.17, 15) is 0 Å². The maximum atomic E-state index is 6.16. The van der Waals surface area contributed by atoms with Crippen LogP contribution in [0.1, 0.15) is 11.1 Å². The van der Waals surface area contributed by atoms with Crippen LogP contribution in [0.4, 0.5) is 5.69 Å². The van der Waals surface area contributed by atoms with Crippen LogP contribution in [0.2, 0.25) is 5.02 Å². The number of fused-ring (bicyclic) bond motifs is 1. The number of hydrogen-bond acceptors (Lipinski definition) is 4. The summed E-state index contributed by atoms with van der Waals surface area (Å²) < 4.78 is 0. The van der Waals surface area contributed by atoms with Crippen molar-refractivity contribution in [1.82, 2.24) is 5.43 Å². The van der Waals surface area contributed by atoms with Crippen LogP contribution in [0.25, 0.3) is 0 Å². The second-order valence-corrected chi connectivity index (χ2v) is 5.57. The van der Waals surface area contributed by atoms with Crippen LogP contribution in [0, 0.1) is 0 Å². The van der Waals surface area contributed by atoms with Gasteiger partial charge in [0.05, 0.1) is 23.8 Å². The first-order valence-corrected chi connectivity index (χ1v) is 8.00. The summed E-state index contributed by atoms with van der Waals surface area (Å²) in [5.74, 6) is 0.992. The molecule has 1 aliphatic heterocycles. The van der Waals surface area contributed by atoms with Crippen molar-refractivity contribution in [1.29, 1.82) is 0 Å². The first-order chi connectivity index (χ1) is 11.3. The fraction of sp³-hybridized carbons (Fsp3) is 0.118. The van der Waals surface area contributed by atoms with Crippen molar-refractivity contribution < 1.29 is 0 Å². The molecule has 1 heterocycles. The Bertz CT molecular complexity index is 782. The fourth-order valence-electron chi connectivity index (χ4n) is 2.27. The van der Waals surface area contributed by atoms with Crippen molar-refractivity contribution in [2.75, 3.05) is 12.4 Å². The third-order valence-corrected chi connectivity index (χ3v) is 3.63. The zero-order valence-electron chi connectivity index (χ0n) is 12.2. The van der Waals surface area contributed by atoms with Crippen molar-refractivity contribution >= 4 is 46.7 Å². The molecule has 0 radical (unpaired) electrons. The van der Waals surface area contributed by atoms with Crippen molar-refractivity contribution in [3.05, 3.63) is 64.7 Å². The summed E-state index contributed by atoms with van der Waals surface area (Å²) >= 11 is 11.7. The smallest absolute Gasteiger partial charge is 0.144 e. The third-order valence-electron chi connectivity index (χ3n) is 3.26. The van der Waals surface area contributed by atoms with Crippen LogP contribution < -0.4 is 5.43 Å². The van der Waals surface area contributed by atoms with Crippen LogP contribution in [0.5, 0.6) is 0 Å². The summed E-state index contributed by atoms with van der Waals surface area (Å²) in [6.07, 6.45) is 1.57. The molecule has 6 heteroatoms. The molecule has 1 N–H and O–H groups in total. The van der Waals surface area contributed by atoms with E-state index in [4.69, 9.17) is 28.2 Å². The van der Waals surface area contributed by atoms with Gasteiger partial charge < -0.3 is 0 Å². The number of benzene rings is 2. The average molecular weight is 345 g/mol. The number of rotatable bonds is 3. The molecule has 4 nitrogen and oxygen atoms in total. The Kier molecular flexibility index (Phi) is 5.05. The topological polar surface area (TPSA) is 49.1 Å². The van der Waals surface area contributed by atoms with E-state index in [-0.39, 0.29) is 0 Å². The van der Waals surface area contributed by atoms with E-state index in [1.807, 2.05) is 48.5 Å². The summed E-state index contributed by atoms with van der Waals surface area (Å²) in [5.41, 5.74) is 6.48. The number of halogens is 2. The molecule has 0 aliphatic carbocycles. The molecule has 1 aliphatic rings. The lowest BCUT2D eigenvalue weighted by Gasteiger charge is -2.08. The molecule has 2 aromatic carbocycles. The van der Waals surface area contributed by atoms with E-state index in [1.165, 1.54) is 0 Å². The molecule has 3 rings (SSSR count). The highest BCUT2D eigenvalue weighted by Crippen LogP contribution is 2.28. The van der Waals surface area contributed by atoms with Crippen LogP contribution in [0.3, 0.4) is 0 Å². The van der Waals surface area contributed by atoms with Crippen LogP contribution in [0.15, 0.2) is 63.6 Å². The second kappa shape index (κ2) is 7.40. The molecular weight excluding hydrogens is 331 g/mol. The molecule has 0 aromatic heterocycles. The van der Waals surface area contributed by atoms with Gasteiger partial charge in [0.2, 0.25) is 0 Å². The number of aliphatic imine (C=N–C) groups is 2. The Labute approximate surface area is 144 Å². The van der Waals surface area contributed by atoms with Crippen LogP contribution >= 0.6 is 23.2 Å². The molecule has 0 saturated heterocycles. The van der Waals surface area contributed by atoms with E-state index in [2.05, 4.69) is 15.5 Å². The van der Waals surface area contributed by atoms with Crippen LogP contribution in [-0.2, 0) is 0 Å². The summed E-state index contributed by atoms with van der Waals surface area (Å²) in [6, 6.07) is 15.6. The summed E-state index contributed by atoms with van der Waals surface area (Å²) in [5, 5.41) is 4.66. The highest BCUT2D eigenvalue weighted by molar-refractivity contribution is 6.31. The van der Waals surface area contributed by atoms with Gasteiger partial charge in [-0.15, -0.1) is 11.6 Å². The van der Waals surface area contributed by atoms with Gasteiger partial charge in [0.1, 0.15) is 5.84 Å². The zero-order chi connectivity index (χ0) is 16.1. The van der Waals surface area contributed by atoms with Crippen molar-refractivity contribution in [2.45, 2.75) is 0 Å². The van der Waals surface area contributed by atoms with Gasteiger partial charge >= 0.3 is 0 Å². The average Bonchev–Trinajstić information content (AvgIpc) is 2.75. The Hall–Kier alpha value is -2.17. The number of nitrogens with one attached hydrogen (secondary N) is 1. The SMILES string of the molecule is ClC/C=N/NC1=Nc2ccc(Cl)cc2C(c2ccccc2)=NC1. The normalized spacial score (nSPS) is 14.0. The van der Waals surface area contributed by atoms with E-state index in [0.717, 1.165) is 22.5 Å². The third kappa shape index (κ3) is 3.78. The summed E-state index contributed by atoms with van der Waals surface area (Å²) in [7, 11) is 0. The van der Waals surface area contributed by atoms with Gasteiger partial charge in [-0.05, 0) is 18.2 Å². The first kappa shape index (κ1) is 15.7. The van der Waals surface area contributed by atoms with E-state index < -0.39 is 0 Å². The van der Waals surface area contributed by atoms with E-state index >= 15 is 0 Å². The molecule has 0 bridgehead atoms. The van der Waals surface area contributed by atoms with Gasteiger partial charge in [-0.1, -0.05) is 41.9 Å². The fourth-order valence-corrected chi connectivity index (χ4v) is 2.51. The second-order valence-electron chi connectivity index (χ2n) is 4.83. The Balaban J connectivity index is 2.05. The summed E-state index contributed by atoms with van der Waals surface area (Å²) in [6.45, 7) is 0.399. The largest absolute Gasteiger partial charge is 0.276 e. The summed E-state index contributed by atoms with van der Waals surface area (Å²) in [4.78, 5) is 9.30. The number of alkyl halides is 1. The lowest BCUT2D eigenvalue weighted by atomic mass is 10.0. The van der Waals surface area contributed by atoms with E-state index in [1.54, 1.807) is 6.21 Å². The molecule has 0 spiro atoms. The molecule has 23 heavy (non-hydrogen) atoms. The lowest BCUT2D eigenvalue weighted by Crippen LogP contribution is -2.20. The van der Waals surface area contributed by atoms with Crippen molar-refractivity contribution in [2.24, 2.45) is 15.1 Å². The highest BCUT2D eigenvalue weighted by Gasteiger charge is 2.16. The predicted molar refractivity (Wildman–Crippen MR) is 97.8 cm³/mol. The number of nitrogens with zero attached hydrogens (tertiary/aromatic N) is 3. The molecule has 2 aromatic rings. The van der Waals surface area contributed by atoms with Gasteiger partial charge in [-0.3, -0.25) is 10.4 Å². The molecule has 116 valence electrons. The van der Waals surface area contributed by atoms with Crippen molar-refractivity contribution in [3.8, 4) is 0 Å². The van der Waals surface area contributed by atoms with Crippen molar-refractivity contribution in [3.63, 3.8) is 0 Å². The van der Waals surface area contributed by atoms with Crippen LogP contribution in [-0.4, -0.2) is 30.2 Å². The molecule has 0 atom stereocenters. The number of hydrogen-bond donors (Lipinski definition) is 1. The minimum atomic E-state index is 0.338. The van der Waals surface area contributed by atoms with Gasteiger partial charge in [0.25, 0.3) is 0 Å².